The summed E-state index contributed by atoms with van der Waals surface area (Å²) < 4.78 is 5.28. The maximum atomic E-state index is 11.8. The van der Waals surface area contributed by atoms with Gasteiger partial charge in [0.2, 0.25) is 5.95 Å². The SMILES string of the molecule is CCOc1nc(N(c2ccccc2)c2ccccc2)[nH]c(=O)n1. The van der Waals surface area contributed by atoms with E-state index in [0.717, 1.165) is 11.4 Å². The van der Waals surface area contributed by atoms with Crippen LogP contribution in [0, 0.1) is 0 Å². The zero-order valence-corrected chi connectivity index (χ0v) is 12.6. The van der Waals surface area contributed by atoms with Crippen LogP contribution in [0.1, 0.15) is 6.92 Å². The third-order valence-electron chi connectivity index (χ3n) is 3.13. The van der Waals surface area contributed by atoms with Gasteiger partial charge < -0.3 is 4.74 Å². The van der Waals surface area contributed by atoms with E-state index in [2.05, 4.69) is 15.0 Å². The number of rotatable bonds is 5. The van der Waals surface area contributed by atoms with Crippen molar-refractivity contribution in [2.75, 3.05) is 11.5 Å². The Morgan fingerprint density at radius 1 is 0.957 bits per heavy atom. The first-order valence-electron chi connectivity index (χ1n) is 7.29. The minimum Gasteiger partial charge on any atom is -0.464 e. The van der Waals surface area contributed by atoms with Crippen molar-refractivity contribution in [1.29, 1.82) is 0 Å². The van der Waals surface area contributed by atoms with Crippen LogP contribution in [-0.2, 0) is 0 Å². The third-order valence-corrected chi connectivity index (χ3v) is 3.13. The number of ether oxygens (including phenoxy) is 1. The average molecular weight is 308 g/mol. The minimum atomic E-state index is -0.504. The molecule has 6 nitrogen and oxygen atoms in total. The van der Waals surface area contributed by atoms with Gasteiger partial charge in [-0.1, -0.05) is 36.4 Å². The number of hydrogen-bond acceptors (Lipinski definition) is 5. The van der Waals surface area contributed by atoms with E-state index in [0.29, 0.717) is 12.6 Å². The molecular formula is C17H16N4O2. The number of hydrogen-bond donors (Lipinski definition) is 1. The maximum absolute atomic E-state index is 11.8. The van der Waals surface area contributed by atoms with E-state index in [1.807, 2.05) is 72.5 Å². The molecule has 0 amide bonds. The maximum Gasteiger partial charge on any atom is 0.352 e. The van der Waals surface area contributed by atoms with Crippen molar-refractivity contribution in [3.8, 4) is 6.01 Å². The van der Waals surface area contributed by atoms with Crippen LogP contribution in [0.5, 0.6) is 6.01 Å². The van der Waals surface area contributed by atoms with Crippen LogP contribution in [-0.4, -0.2) is 21.6 Å². The molecule has 0 aliphatic carbocycles. The molecule has 1 heterocycles. The fourth-order valence-corrected chi connectivity index (χ4v) is 2.20. The van der Waals surface area contributed by atoms with Crippen LogP contribution in [0.4, 0.5) is 17.3 Å². The van der Waals surface area contributed by atoms with Crippen LogP contribution in [0.25, 0.3) is 0 Å². The Balaban J connectivity index is 2.15. The Morgan fingerprint density at radius 3 is 2.04 bits per heavy atom. The quantitative estimate of drug-likeness (QED) is 0.784. The zero-order chi connectivity index (χ0) is 16.1. The van der Waals surface area contributed by atoms with Crippen molar-refractivity contribution in [2.45, 2.75) is 6.92 Å². The van der Waals surface area contributed by atoms with Gasteiger partial charge in [-0.25, -0.2) is 4.79 Å². The van der Waals surface area contributed by atoms with Crippen LogP contribution < -0.4 is 15.3 Å². The van der Waals surface area contributed by atoms with Gasteiger partial charge in [-0.3, -0.25) is 9.88 Å². The third kappa shape index (κ3) is 3.37. The summed E-state index contributed by atoms with van der Waals surface area (Å²) in [6, 6.07) is 19.4. The summed E-state index contributed by atoms with van der Waals surface area (Å²) in [5, 5.41) is 0. The number of benzene rings is 2. The molecule has 23 heavy (non-hydrogen) atoms. The van der Waals surface area contributed by atoms with Gasteiger partial charge in [0.1, 0.15) is 0 Å². The number of aromatic amines is 1. The first kappa shape index (κ1) is 14.8. The topological polar surface area (TPSA) is 71.1 Å². The number of nitrogens with one attached hydrogen (secondary N) is 1. The summed E-state index contributed by atoms with van der Waals surface area (Å²) in [6.07, 6.45) is 0. The summed E-state index contributed by atoms with van der Waals surface area (Å²) in [6.45, 7) is 2.20. The van der Waals surface area contributed by atoms with Gasteiger partial charge in [0.25, 0.3) is 0 Å². The summed E-state index contributed by atoms with van der Waals surface area (Å²) in [4.78, 5) is 24.4. The summed E-state index contributed by atoms with van der Waals surface area (Å²) in [5.74, 6) is 0.353. The highest BCUT2D eigenvalue weighted by molar-refractivity contribution is 5.72. The van der Waals surface area contributed by atoms with Gasteiger partial charge in [-0.15, -0.1) is 4.98 Å². The molecule has 0 aliphatic heterocycles. The Morgan fingerprint density at radius 2 is 1.52 bits per heavy atom. The van der Waals surface area contributed by atoms with E-state index >= 15 is 0 Å². The van der Waals surface area contributed by atoms with E-state index < -0.39 is 5.69 Å². The van der Waals surface area contributed by atoms with Crippen molar-refractivity contribution < 1.29 is 4.74 Å². The fourth-order valence-electron chi connectivity index (χ4n) is 2.20. The van der Waals surface area contributed by atoms with Crippen molar-refractivity contribution in [2.24, 2.45) is 0 Å². The summed E-state index contributed by atoms with van der Waals surface area (Å²) in [7, 11) is 0. The van der Waals surface area contributed by atoms with Crippen molar-refractivity contribution in [1.82, 2.24) is 15.0 Å². The van der Waals surface area contributed by atoms with Crippen LogP contribution in [0.3, 0.4) is 0 Å². The highest BCUT2D eigenvalue weighted by Gasteiger charge is 2.16. The Kier molecular flexibility index (Phi) is 4.33. The lowest BCUT2D eigenvalue weighted by Gasteiger charge is -2.23. The standard InChI is InChI=1S/C17H16N4O2/c1-2-23-17-19-15(18-16(22)20-17)21(13-9-5-3-6-10-13)14-11-7-4-8-12-14/h3-12H,2H2,1H3,(H,18,19,20,22). The number of para-hydroxylation sites is 2. The highest BCUT2D eigenvalue weighted by atomic mass is 16.5. The molecule has 0 atom stereocenters. The van der Waals surface area contributed by atoms with Gasteiger partial charge >= 0.3 is 11.7 Å². The van der Waals surface area contributed by atoms with Gasteiger partial charge in [0.05, 0.1) is 6.61 Å². The van der Waals surface area contributed by atoms with Crippen LogP contribution >= 0.6 is 0 Å². The molecule has 0 unspecified atom stereocenters. The molecule has 1 N–H and O–H groups in total. The van der Waals surface area contributed by atoms with Gasteiger partial charge in [-0.2, -0.15) is 4.98 Å². The minimum absolute atomic E-state index is 0.0584. The predicted octanol–water partition coefficient (Wildman–Crippen LogP) is 3.03. The van der Waals surface area contributed by atoms with Crippen LogP contribution in [0.2, 0.25) is 0 Å². The number of nitrogens with zero attached hydrogens (tertiary/aromatic N) is 3. The normalized spacial score (nSPS) is 10.3. The zero-order valence-electron chi connectivity index (χ0n) is 12.6. The lowest BCUT2D eigenvalue weighted by atomic mass is 10.2. The largest absolute Gasteiger partial charge is 0.464 e. The molecule has 0 fully saturated rings. The molecular weight excluding hydrogens is 292 g/mol. The van der Waals surface area contributed by atoms with E-state index in [-0.39, 0.29) is 6.01 Å². The summed E-state index contributed by atoms with van der Waals surface area (Å²) in [5.41, 5.74) is 1.24. The molecule has 116 valence electrons. The first-order valence-corrected chi connectivity index (χ1v) is 7.29. The van der Waals surface area contributed by atoms with Crippen LogP contribution in [0.15, 0.2) is 65.5 Å². The van der Waals surface area contributed by atoms with Crippen molar-refractivity contribution >= 4 is 17.3 Å². The summed E-state index contributed by atoms with van der Waals surface area (Å²) >= 11 is 0. The van der Waals surface area contributed by atoms with E-state index in [4.69, 9.17) is 4.74 Å². The molecule has 0 radical (unpaired) electrons. The van der Waals surface area contributed by atoms with Gasteiger partial charge in [0.15, 0.2) is 0 Å². The highest BCUT2D eigenvalue weighted by Crippen LogP contribution is 2.31. The average Bonchev–Trinajstić information content (AvgIpc) is 2.57. The molecule has 6 heteroatoms. The monoisotopic (exact) mass is 308 g/mol. The fraction of sp³-hybridized carbons (Fsp3) is 0.118. The smallest absolute Gasteiger partial charge is 0.352 e. The predicted molar refractivity (Wildman–Crippen MR) is 88.5 cm³/mol. The molecule has 0 bridgehead atoms. The van der Waals surface area contributed by atoms with E-state index in [9.17, 15) is 4.79 Å². The molecule has 3 rings (SSSR count). The molecule has 3 aromatic rings. The van der Waals surface area contributed by atoms with Crippen molar-refractivity contribution in [3.63, 3.8) is 0 Å². The molecule has 0 saturated heterocycles. The lowest BCUT2D eigenvalue weighted by Crippen LogP contribution is -2.21. The molecule has 0 aliphatic rings. The Labute approximate surface area is 133 Å². The van der Waals surface area contributed by atoms with E-state index in [1.165, 1.54) is 0 Å². The second-order valence-corrected chi connectivity index (χ2v) is 4.70. The molecule has 1 aromatic heterocycles. The van der Waals surface area contributed by atoms with Gasteiger partial charge in [0, 0.05) is 11.4 Å². The number of anilines is 3. The molecule has 0 spiro atoms. The first-order chi connectivity index (χ1) is 11.3. The molecule has 0 saturated carbocycles. The van der Waals surface area contributed by atoms with Crippen molar-refractivity contribution in [3.05, 3.63) is 71.1 Å². The molecule has 2 aromatic carbocycles. The van der Waals surface area contributed by atoms with E-state index in [1.54, 1.807) is 0 Å². The second-order valence-electron chi connectivity index (χ2n) is 4.70. The number of H-pyrrole nitrogens is 1. The Bertz CT molecular complexity index is 779. The Hall–Kier alpha value is -3.15. The second kappa shape index (κ2) is 6.74. The lowest BCUT2D eigenvalue weighted by molar-refractivity contribution is 0.310. The number of aromatic nitrogens is 3. The van der Waals surface area contributed by atoms with Gasteiger partial charge in [-0.05, 0) is 31.2 Å².